The van der Waals surface area contributed by atoms with E-state index in [1.807, 2.05) is 54.7 Å². The minimum atomic E-state index is 0.719. The molecule has 0 saturated carbocycles. The highest BCUT2D eigenvalue weighted by molar-refractivity contribution is 6.31. The SMILES string of the molecule is Clc1ccc2nc(-c3c[nH]c4cc(Cl)ccc34)ccc2c1. The molecule has 0 aliphatic heterocycles. The number of rotatable bonds is 1. The maximum absolute atomic E-state index is 6.02. The van der Waals surface area contributed by atoms with Crippen LogP contribution in [-0.2, 0) is 0 Å². The van der Waals surface area contributed by atoms with Gasteiger partial charge in [-0.1, -0.05) is 35.3 Å². The fourth-order valence-electron chi connectivity index (χ4n) is 2.56. The lowest BCUT2D eigenvalue weighted by atomic mass is 10.1. The monoisotopic (exact) mass is 312 g/mol. The van der Waals surface area contributed by atoms with Gasteiger partial charge in [-0.05, 0) is 36.4 Å². The van der Waals surface area contributed by atoms with Crippen molar-refractivity contribution >= 4 is 45.0 Å². The average Bonchev–Trinajstić information content (AvgIpc) is 2.89. The highest BCUT2D eigenvalue weighted by atomic mass is 35.5. The van der Waals surface area contributed by atoms with Crippen molar-refractivity contribution in [2.24, 2.45) is 0 Å². The van der Waals surface area contributed by atoms with E-state index in [0.717, 1.165) is 43.1 Å². The number of H-pyrrole nitrogens is 1. The number of hydrogen-bond donors (Lipinski definition) is 1. The van der Waals surface area contributed by atoms with Gasteiger partial charge in [-0.3, -0.25) is 0 Å². The lowest BCUT2D eigenvalue weighted by molar-refractivity contribution is 1.40. The first-order valence-electron chi connectivity index (χ1n) is 6.54. The van der Waals surface area contributed by atoms with E-state index >= 15 is 0 Å². The van der Waals surface area contributed by atoms with E-state index in [-0.39, 0.29) is 0 Å². The van der Waals surface area contributed by atoms with Crippen LogP contribution in [0.2, 0.25) is 10.0 Å². The highest BCUT2D eigenvalue weighted by Gasteiger charge is 2.08. The summed E-state index contributed by atoms with van der Waals surface area (Å²) in [5.74, 6) is 0. The summed E-state index contributed by atoms with van der Waals surface area (Å²) in [6.45, 7) is 0. The van der Waals surface area contributed by atoms with Crippen molar-refractivity contribution in [1.29, 1.82) is 0 Å². The normalized spacial score (nSPS) is 11.3. The van der Waals surface area contributed by atoms with Crippen molar-refractivity contribution in [2.45, 2.75) is 0 Å². The lowest BCUT2D eigenvalue weighted by Gasteiger charge is -2.03. The Bertz CT molecular complexity index is 973. The van der Waals surface area contributed by atoms with Crippen LogP contribution in [0.1, 0.15) is 0 Å². The molecule has 2 nitrogen and oxygen atoms in total. The Morgan fingerprint density at radius 3 is 2.57 bits per heavy atom. The van der Waals surface area contributed by atoms with Crippen molar-refractivity contribution in [3.05, 3.63) is 64.8 Å². The molecule has 0 unspecified atom stereocenters. The third-order valence-electron chi connectivity index (χ3n) is 3.57. The Labute approximate surface area is 131 Å². The van der Waals surface area contributed by atoms with Gasteiger partial charge in [0.2, 0.25) is 0 Å². The van der Waals surface area contributed by atoms with Gasteiger partial charge in [0.05, 0.1) is 11.2 Å². The first-order valence-corrected chi connectivity index (χ1v) is 7.30. The van der Waals surface area contributed by atoms with Gasteiger partial charge in [-0.25, -0.2) is 4.98 Å². The van der Waals surface area contributed by atoms with E-state index in [9.17, 15) is 0 Å². The highest BCUT2D eigenvalue weighted by Crippen LogP contribution is 2.30. The summed E-state index contributed by atoms with van der Waals surface area (Å²) < 4.78 is 0. The maximum atomic E-state index is 6.02. The molecule has 0 fully saturated rings. The number of halogens is 2. The number of nitrogens with zero attached hydrogens (tertiary/aromatic N) is 1. The summed E-state index contributed by atoms with van der Waals surface area (Å²) in [5.41, 5.74) is 3.94. The Morgan fingerprint density at radius 2 is 1.67 bits per heavy atom. The van der Waals surface area contributed by atoms with Gasteiger partial charge in [-0.15, -0.1) is 0 Å². The topological polar surface area (TPSA) is 28.7 Å². The molecule has 0 aliphatic carbocycles. The van der Waals surface area contributed by atoms with Gasteiger partial charge in [0.25, 0.3) is 0 Å². The van der Waals surface area contributed by atoms with Crippen LogP contribution in [0, 0.1) is 0 Å². The molecule has 0 saturated heterocycles. The quantitative estimate of drug-likeness (QED) is 0.480. The Balaban J connectivity index is 1.93. The van der Waals surface area contributed by atoms with Gasteiger partial charge in [0.15, 0.2) is 0 Å². The van der Waals surface area contributed by atoms with Crippen LogP contribution in [0.3, 0.4) is 0 Å². The molecule has 0 amide bonds. The van der Waals surface area contributed by atoms with Crippen LogP contribution in [-0.4, -0.2) is 9.97 Å². The van der Waals surface area contributed by atoms with Crippen molar-refractivity contribution in [2.75, 3.05) is 0 Å². The fraction of sp³-hybridized carbons (Fsp3) is 0. The molecule has 1 N–H and O–H groups in total. The number of aromatic nitrogens is 2. The van der Waals surface area contributed by atoms with Gasteiger partial charge >= 0.3 is 0 Å². The molecule has 2 aromatic heterocycles. The molecule has 0 aliphatic rings. The summed E-state index contributed by atoms with van der Waals surface area (Å²) in [5, 5.41) is 3.59. The minimum absolute atomic E-state index is 0.719. The second-order valence-electron chi connectivity index (χ2n) is 4.93. The molecule has 2 heterocycles. The number of aromatic amines is 1. The van der Waals surface area contributed by atoms with Crippen LogP contribution in [0.4, 0.5) is 0 Å². The third kappa shape index (κ3) is 2.17. The first kappa shape index (κ1) is 12.7. The van der Waals surface area contributed by atoms with Crippen LogP contribution in [0.25, 0.3) is 33.1 Å². The summed E-state index contributed by atoms with van der Waals surface area (Å²) in [6.07, 6.45) is 1.96. The zero-order valence-corrected chi connectivity index (χ0v) is 12.4. The molecule has 2 aromatic carbocycles. The summed E-state index contributed by atoms with van der Waals surface area (Å²) in [6, 6.07) is 15.6. The molecule has 21 heavy (non-hydrogen) atoms. The molecular weight excluding hydrogens is 303 g/mol. The van der Waals surface area contributed by atoms with E-state index in [1.165, 1.54) is 0 Å². The Kier molecular flexibility index (Phi) is 2.88. The van der Waals surface area contributed by atoms with Crippen LogP contribution < -0.4 is 0 Å². The summed E-state index contributed by atoms with van der Waals surface area (Å²) in [7, 11) is 0. The zero-order chi connectivity index (χ0) is 14.4. The van der Waals surface area contributed by atoms with E-state index < -0.39 is 0 Å². The molecule has 0 radical (unpaired) electrons. The van der Waals surface area contributed by atoms with Crippen molar-refractivity contribution < 1.29 is 0 Å². The van der Waals surface area contributed by atoms with Crippen molar-refractivity contribution in [3.8, 4) is 11.3 Å². The van der Waals surface area contributed by atoms with E-state index in [0.29, 0.717) is 0 Å². The number of nitrogens with one attached hydrogen (secondary N) is 1. The molecule has 102 valence electrons. The second-order valence-corrected chi connectivity index (χ2v) is 5.80. The third-order valence-corrected chi connectivity index (χ3v) is 4.04. The lowest BCUT2D eigenvalue weighted by Crippen LogP contribution is -1.84. The minimum Gasteiger partial charge on any atom is -0.360 e. The number of benzene rings is 2. The summed E-state index contributed by atoms with van der Waals surface area (Å²) in [4.78, 5) is 7.96. The first-order chi connectivity index (χ1) is 10.2. The molecular formula is C17H10Cl2N2. The van der Waals surface area contributed by atoms with Crippen LogP contribution >= 0.6 is 23.2 Å². The number of pyridine rings is 1. The molecule has 4 aromatic rings. The smallest absolute Gasteiger partial charge is 0.0731 e. The van der Waals surface area contributed by atoms with Crippen molar-refractivity contribution in [1.82, 2.24) is 9.97 Å². The van der Waals surface area contributed by atoms with Gasteiger partial charge in [0, 0.05) is 38.1 Å². The van der Waals surface area contributed by atoms with Gasteiger partial charge in [-0.2, -0.15) is 0 Å². The van der Waals surface area contributed by atoms with Crippen molar-refractivity contribution in [3.63, 3.8) is 0 Å². The maximum Gasteiger partial charge on any atom is 0.0731 e. The molecule has 4 rings (SSSR count). The van der Waals surface area contributed by atoms with Crippen LogP contribution in [0.5, 0.6) is 0 Å². The average molecular weight is 313 g/mol. The number of hydrogen-bond acceptors (Lipinski definition) is 1. The molecule has 0 spiro atoms. The Hall–Kier alpha value is -2.03. The molecule has 0 atom stereocenters. The van der Waals surface area contributed by atoms with Gasteiger partial charge in [0.1, 0.15) is 0 Å². The molecule has 4 heteroatoms. The van der Waals surface area contributed by atoms with E-state index in [2.05, 4.69) is 4.98 Å². The van der Waals surface area contributed by atoms with Crippen LogP contribution in [0.15, 0.2) is 54.7 Å². The Morgan fingerprint density at radius 1 is 0.857 bits per heavy atom. The van der Waals surface area contributed by atoms with E-state index in [4.69, 9.17) is 28.2 Å². The standard InChI is InChI=1S/C17H10Cl2N2/c18-11-3-6-15-10(7-11)1-5-16(21-15)14-9-20-17-8-12(19)2-4-13(14)17/h1-9,20H. The molecule has 0 bridgehead atoms. The zero-order valence-electron chi connectivity index (χ0n) is 10.9. The predicted octanol–water partition coefficient (Wildman–Crippen LogP) is 5.69. The predicted molar refractivity (Wildman–Crippen MR) is 89.1 cm³/mol. The second kappa shape index (κ2) is 4.76. The summed E-state index contributed by atoms with van der Waals surface area (Å²) >= 11 is 12.0. The van der Waals surface area contributed by atoms with Gasteiger partial charge < -0.3 is 4.98 Å². The van der Waals surface area contributed by atoms with E-state index in [1.54, 1.807) is 0 Å². The number of fused-ring (bicyclic) bond motifs is 2. The fourth-order valence-corrected chi connectivity index (χ4v) is 2.91. The largest absolute Gasteiger partial charge is 0.360 e.